The molecule has 2 heteroatoms. The minimum atomic E-state index is 0.140. The van der Waals surface area contributed by atoms with E-state index in [1.165, 1.54) is 5.56 Å². The molecule has 1 aromatic carbocycles. The first kappa shape index (κ1) is 15.2. The summed E-state index contributed by atoms with van der Waals surface area (Å²) in [6.07, 6.45) is 3.80. The van der Waals surface area contributed by atoms with E-state index < -0.39 is 0 Å². The van der Waals surface area contributed by atoms with Crippen molar-refractivity contribution in [3.8, 4) is 0 Å². The van der Waals surface area contributed by atoms with Crippen LogP contribution >= 0.6 is 0 Å². The number of allylic oxidation sites excluding steroid dienone is 4. The monoisotopic (exact) mass is 257 g/mol. The number of Topliss-reactive ketones (excluding diaryl/α,β-unsaturated/α-hetero) is 1. The molecule has 0 bridgehead atoms. The molecule has 0 aliphatic rings. The molecule has 0 unspecified atom stereocenters. The lowest BCUT2D eigenvalue weighted by Gasteiger charge is -2.10. The topological polar surface area (TPSA) is 43.1 Å². The number of hydrogen-bond acceptors (Lipinski definition) is 2. The van der Waals surface area contributed by atoms with Crippen molar-refractivity contribution >= 4 is 11.5 Å². The normalized spacial score (nSPS) is 11.3. The maximum Gasteiger partial charge on any atom is 0.159 e. The molecule has 2 nitrogen and oxygen atoms in total. The number of carbonyl (C=O) groups is 1. The quantitative estimate of drug-likeness (QED) is 0.491. The van der Waals surface area contributed by atoms with Gasteiger partial charge >= 0.3 is 0 Å². The molecule has 0 aliphatic carbocycles. The van der Waals surface area contributed by atoms with Crippen LogP contribution in [0.4, 0.5) is 5.69 Å². The van der Waals surface area contributed by atoms with Gasteiger partial charge in [0.05, 0.1) is 0 Å². The smallest absolute Gasteiger partial charge is 0.159 e. The van der Waals surface area contributed by atoms with Gasteiger partial charge < -0.3 is 5.73 Å². The van der Waals surface area contributed by atoms with Gasteiger partial charge in [-0.15, -0.1) is 0 Å². The Kier molecular flexibility index (Phi) is 5.56. The van der Waals surface area contributed by atoms with Crippen molar-refractivity contribution in [3.63, 3.8) is 0 Å². The summed E-state index contributed by atoms with van der Waals surface area (Å²) < 4.78 is 0. The van der Waals surface area contributed by atoms with Crippen LogP contribution in [-0.4, -0.2) is 5.78 Å². The average molecular weight is 257 g/mol. The van der Waals surface area contributed by atoms with Crippen molar-refractivity contribution in [2.45, 2.75) is 40.5 Å². The predicted octanol–water partition coefficient (Wildman–Crippen LogP) is 4.07. The molecule has 2 N–H and O–H groups in total. The summed E-state index contributed by atoms with van der Waals surface area (Å²) in [6.45, 7) is 7.69. The van der Waals surface area contributed by atoms with Crippen LogP contribution < -0.4 is 5.73 Å². The standard InChI is InChI=1S/C17H23NO/c1-5-15(17(12(2)3)13(4)19)10-9-14-7-6-8-16(18)11-14/h6-8,10-11H,5,9,18H2,1-4H3/b15-10-. The molecule has 1 rings (SSSR count). The van der Waals surface area contributed by atoms with Crippen LogP contribution in [0.2, 0.25) is 0 Å². The van der Waals surface area contributed by atoms with Crippen LogP contribution in [0.3, 0.4) is 0 Å². The third kappa shape index (κ3) is 4.40. The first-order valence-electron chi connectivity index (χ1n) is 6.68. The lowest BCUT2D eigenvalue weighted by molar-refractivity contribution is -0.113. The molecule has 0 heterocycles. The Morgan fingerprint density at radius 3 is 2.42 bits per heavy atom. The summed E-state index contributed by atoms with van der Waals surface area (Å²) in [5.41, 5.74) is 10.8. The second-order valence-electron chi connectivity index (χ2n) is 4.96. The largest absolute Gasteiger partial charge is 0.399 e. The molecule has 0 saturated heterocycles. The van der Waals surface area contributed by atoms with E-state index in [1.807, 2.05) is 32.0 Å². The zero-order chi connectivity index (χ0) is 14.4. The highest BCUT2D eigenvalue weighted by molar-refractivity contribution is 5.98. The minimum absolute atomic E-state index is 0.140. The van der Waals surface area contributed by atoms with Crippen LogP contribution in [0.15, 0.2) is 47.1 Å². The molecule has 0 amide bonds. The Morgan fingerprint density at radius 2 is 1.95 bits per heavy atom. The number of nitrogen functional groups attached to an aromatic ring is 1. The average Bonchev–Trinajstić information content (AvgIpc) is 2.33. The Bertz CT molecular complexity index is 520. The van der Waals surface area contributed by atoms with E-state index in [9.17, 15) is 4.79 Å². The van der Waals surface area contributed by atoms with Crippen molar-refractivity contribution in [3.05, 3.63) is 52.6 Å². The number of hydrogen-bond donors (Lipinski definition) is 1. The summed E-state index contributed by atoms with van der Waals surface area (Å²) >= 11 is 0. The van der Waals surface area contributed by atoms with Crippen molar-refractivity contribution in [1.29, 1.82) is 0 Å². The van der Waals surface area contributed by atoms with Crippen LogP contribution in [0.1, 0.15) is 39.7 Å². The van der Waals surface area contributed by atoms with E-state index >= 15 is 0 Å². The van der Waals surface area contributed by atoms with Crippen molar-refractivity contribution in [1.82, 2.24) is 0 Å². The van der Waals surface area contributed by atoms with E-state index in [0.717, 1.165) is 35.2 Å². The summed E-state index contributed by atoms with van der Waals surface area (Å²) in [4.78, 5) is 11.7. The fourth-order valence-corrected chi connectivity index (χ4v) is 2.28. The van der Waals surface area contributed by atoms with Gasteiger partial charge in [0.1, 0.15) is 0 Å². The molecule has 19 heavy (non-hydrogen) atoms. The van der Waals surface area contributed by atoms with E-state index in [2.05, 4.69) is 19.1 Å². The van der Waals surface area contributed by atoms with Crippen molar-refractivity contribution in [2.75, 3.05) is 5.73 Å². The number of carbonyl (C=O) groups excluding carboxylic acids is 1. The number of ketones is 1. The Labute approximate surface area is 116 Å². The van der Waals surface area contributed by atoms with Crippen LogP contribution in [0, 0.1) is 0 Å². The zero-order valence-corrected chi connectivity index (χ0v) is 12.3. The molecular formula is C17H23NO. The van der Waals surface area contributed by atoms with E-state index in [1.54, 1.807) is 6.92 Å². The molecule has 0 saturated carbocycles. The highest BCUT2D eigenvalue weighted by atomic mass is 16.1. The van der Waals surface area contributed by atoms with Crippen molar-refractivity contribution in [2.24, 2.45) is 0 Å². The Hall–Kier alpha value is -1.83. The van der Waals surface area contributed by atoms with Gasteiger partial charge in [0, 0.05) is 11.3 Å². The van der Waals surface area contributed by atoms with Crippen LogP contribution in [0.25, 0.3) is 0 Å². The van der Waals surface area contributed by atoms with Gasteiger partial charge in [0.2, 0.25) is 0 Å². The SMILES string of the molecule is CC/C(=C/Cc1cccc(N)c1)C(C(C)=O)=C(C)C. The molecule has 102 valence electrons. The maximum absolute atomic E-state index is 11.7. The van der Waals surface area contributed by atoms with Gasteiger partial charge in [0.15, 0.2) is 5.78 Å². The molecule has 0 spiro atoms. The molecule has 0 aliphatic heterocycles. The lowest BCUT2D eigenvalue weighted by atomic mass is 9.94. The number of anilines is 1. The van der Waals surface area contributed by atoms with Crippen LogP contribution in [-0.2, 0) is 11.2 Å². The van der Waals surface area contributed by atoms with Gasteiger partial charge in [-0.3, -0.25) is 4.79 Å². The zero-order valence-electron chi connectivity index (χ0n) is 12.3. The predicted molar refractivity (Wildman–Crippen MR) is 82.0 cm³/mol. The van der Waals surface area contributed by atoms with Crippen LogP contribution in [0.5, 0.6) is 0 Å². The van der Waals surface area contributed by atoms with Gasteiger partial charge in [-0.05, 0) is 56.9 Å². The molecule has 0 aromatic heterocycles. The third-order valence-electron chi connectivity index (χ3n) is 3.09. The molecule has 0 fully saturated rings. The maximum atomic E-state index is 11.7. The summed E-state index contributed by atoms with van der Waals surface area (Å²) in [7, 11) is 0. The first-order chi connectivity index (χ1) is 8.95. The van der Waals surface area contributed by atoms with Crippen molar-refractivity contribution < 1.29 is 4.79 Å². The van der Waals surface area contributed by atoms with E-state index in [-0.39, 0.29) is 5.78 Å². The Balaban J connectivity index is 3.01. The second kappa shape index (κ2) is 6.93. The summed E-state index contributed by atoms with van der Waals surface area (Å²) in [5.74, 6) is 0.140. The lowest BCUT2D eigenvalue weighted by Crippen LogP contribution is -2.03. The van der Waals surface area contributed by atoms with Gasteiger partial charge in [-0.1, -0.05) is 30.7 Å². The van der Waals surface area contributed by atoms with E-state index in [0.29, 0.717) is 0 Å². The second-order valence-corrected chi connectivity index (χ2v) is 4.96. The number of nitrogens with two attached hydrogens (primary N) is 1. The van der Waals surface area contributed by atoms with E-state index in [4.69, 9.17) is 5.73 Å². The fourth-order valence-electron chi connectivity index (χ4n) is 2.28. The summed E-state index contributed by atoms with van der Waals surface area (Å²) in [5, 5.41) is 0. The molecule has 0 radical (unpaired) electrons. The first-order valence-corrected chi connectivity index (χ1v) is 6.68. The summed E-state index contributed by atoms with van der Waals surface area (Å²) in [6, 6.07) is 7.86. The minimum Gasteiger partial charge on any atom is -0.399 e. The molecule has 1 aromatic rings. The number of benzene rings is 1. The highest BCUT2D eigenvalue weighted by Crippen LogP contribution is 2.20. The Morgan fingerprint density at radius 1 is 1.26 bits per heavy atom. The van der Waals surface area contributed by atoms with Gasteiger partial charge in [0.25, 0.3) is 0 Å². The third-order valence-corrected chi connectivity index (χ3v) is 3.09. The van der Waals surface area contributed by atoms with Gasteiger partial charge in [-0.2, -0.15) is 0 Å². The number of rotatable bonds is 5. The molecule has 0 atom stereocenters. The van der Waals surface area contributed by atoms with Gasteiger partial charge in [-0.25, -0.2) is 0 Å². The molecular weight excluding hydrogens is 234 g/mol. The fraction of sp³-hybridized carbons (Fsp3) is 0.353. The highest BCUT2D eigenvalue weighted by Gasteiger charge is 2.10.